The van der Waals surface area contributed by atoms with Gasteiger partial charge in [0.1, 0.15) is 5.82 Å². The van der Waals surface area contributed by atoms with Crippen LogP contribution in [0.4, 0.5) is 23.4 Å². The maximum absolute atomic E-state index is 13.6. The summed E-state index contributed by atoms with van der Waals surface area (Å²) >= 11 is 0. The summed E-state index contributed by atoms with van der Waals surface area (Å²) in [5, 5.41) is 2.64. The van der Waals surface area contributed by atoms with Gasteiger partial charge in [-0.1, -0.05) is 6.92 Å². The molecular formula is C14H12F4N2O. The van der Waals surface area contributed by atoms with Gasteiger partial charge in [-0.05, 0) is 18.6 Å². The predicted molar refractivity (Wildman–Crippen MR) is 69.4 cm³/mol. The van der Waals surface area contributed by atoms with E-state index in [1.165, 1.54) is 0 Å². The van der Waals surface area contributed by atoms with Gasteiger partial charge in [-0.25, -0.2) is 17.6 Å². The maximum atomic E-state index is 13.6. The third-order valence-electron chi connectivity index (χ3n) is 2.54. The van der Waals surface area contributed by atoms with Crippen LogP contribution in [0.5, 0.6) is 11.6 Å². The van der Waals surface area contributed by atoms with Gasteiger partial charge in [0.05, 0.1) is 0 Å². The van der Waals surface area contributed by atoms with Crippen LogP contribution in [0.25, 0.3) is 0 Å². The molecule has 0 amide bonds. The maximum Gasteiger partial charge on any atom is 0.258 e. The Balaban J connectivity index is 2.32. The molecule has 0 fully saturated rings. The molecule has 0 saturated carbocycles. The molecule has 0 aliphatic rings. The third-order valence-corrected chi connectivity index (χ3v) is 2.54. The highest BCUT2D eigenvalue weighted by Gasteiger charge is 2.15. The van der Waals surface area contributed by atoms with Crippen LogP contribution in [0, 0.1) is 23.3 Å². The molecular weight excluding hydrogens is 288 g/mol. The molecule has 1 aromatic carbocycles. The van der Waals surface area contributed by atoms with Gasteiger partial charge in [0.25, 0.3) is 5.88 Å². The first-order valence-electron chi connectivity index (χ1n) is 6.24. The van der Waals surface area contributed by atoms with Gasteiger partial charge in [0, 0.05) is 18.7 Å². The SMILES string of the molecule is CCCNc1nc(Oc2cc(F)ccc2F)c(F)cc1F. The Morgan fingerprint density at radius 3 is 2.52 bits per heavy atom. The normalized spacial score (nSPS) is 10.5. The van der Waals surface area contributed by atoms with Gasteiger partial charge in [0.2, 0.25) is 0 Å². The molecule has 0 unspecified atom stereocenters. The summed E-state index contributed by atoms with van der Waals surface area (Å²) in [7, 11) is 0. The number of ether oxygens (including phenoxy) is 1. The average molecular weight is 300 g/mol. The molecule has 3 nitrogen and oxygen atoms in total. The lowest BCUT2D eigenvalue weighted by molar-refractivity contribution is 0.392. The Kier molecular flexibility index (Phi) is 4.62. The smallest absolute Gasteiger partial charge is 0.258 e. The number of hydrogen-bond donors (Lipinski definition) is 1. The average Bonchev–Trinajstić information content (AvgIpc) is 2.44. The largest absolute Gasteiger partial charge is 0.433 e. The Hall–Kier alpha value is -2.31. The van der Waals surface area contributed by atoms with Crippen molar-refractivity contribution < 1.29 is 22.3 Å². The van der Waals surface area contributed by atoms with Crippen molar-refractivity contribution in [3.63, 3.8) is 0 Å². The highest BCUT2D eigenvalue weighted by molar-refractivity contribution is 5.41. The first-order valence-corrected chi connectivity index (χ1v) is 6.24. The number of hydrogen-bond acceptors (Lipinski definition) is 3. The number of pyridine rings is 1. The summed E-state index contributed by atoms with van der Waals surface area (Å²) in [5.41, 5.74) is 0. The first kappa shape index (κ1) is 15.1. The number of halogens is 4. The molecule has 1 aromatic heterocycles. The minimum Gasteiger partial charge on any atom is -0.433 e. The zero-order chi connectivity index (χ0) is 15.4. The van der Waals surface area contributed by atoms with Crippen molar-refractivity contribution in [3.8, 4) is 11.6 Å². The molecule has 2 aromatic rings. The second kappa shape index (κ2) is 6.43. The molecule has 0 aliphatic heterocycles. The second-order valence-corrected chi connectivity index (χ2v) is 4.21. The lowest BCUT2D eigenvalue weighted by atomic mass is 10.3. The van der Waals surface area contributed by atoms with Gasteiger partial charge in [0.15, 0.2) is 29.0 Å². The number of nitrogens with one attached hydrogen (secondary N) is 1. The molecule has 0 atom stereocenters. The lowest BCUT2D eigenvalue weighted by Gasteiger charge is -2.10. The van der Waals surface area contributed by atoms with Crippen LogP contribution in [0.2, 0.25) is 0 Å². The van der Waals surface area contributed by atoms with E-state index in [1.54, 1.807) is 0 Å². The minimum absolute atomic E-state index is 0.218. The molecule has 112 valence electrons. The molecule has 0 radical (unpaired) electrons. The van der Waals surface area contributed by atoms with Gasteiger partial charge >= 0.3 is 0 Å². The fraction of sp³-hybridized carbons (Fsp3) is 0.214. The fourth-order valence-electron chi connectivity index (χ4n) is 1.55. The molecule has 21 heavy (non-hydrogen) atoms. The molecule has 0 spiro atoms. The van der Waals surface area contributed by atoms with Crippen LogP contribution in [0.1, 0.15) is 13.3 Å². The molecule has 1 N–H and O–H groups in total. The molecule has 0 saturated heterocycles. The number of benzene rings is 1. The van der Waals surface area contributed by atoms with Crippen molar-refractivity contribution in [3.05, 3.63) is 47.5 Å². The van der Waals surface area contributed by atoms with Gasteiger partial charge in [-0.3, -0.25) is 0 Å². The van der Waals surface area contributed by atoms with Gasteiger partial charge < -0.3 is 10.1 Å². The van der Waals surface area contributed by atoms with Crippen LogP contribution in [0.15, 0.2) is 24.3 Å². The molecule has 0 aliphatic carbocycles. The Bertz CT molecular complexity index is 649. The van der Waals surface area contributed by atoms with E-state index < -0.39 is 34.9 Å². The quantitative estimate of drug-likeness (QED) is 0.838. The Morgan fingerprint density at radius 2 is 1.81 bits per heavy atom. The minimum atomic E-state index is -1.11. The molecule has 7 heteroatoms. The van der Waals surface area contributed by atoms with E-state index in [0.717, 1.165) is 18.2 Å². The van der Waals surface area contributed by atoms with E-state index in [4.69, 9.17) is 4.74 Å². The van der Waals surface area contributed by atoms with Gasteiger partial charge in [-0.2, -0.15) is 4.98 Å². The standard InChI is InChI=1S/C14H12F4N2O/c1-2-5-19-13-10(17)7-11(18)14(20-13)21-12-6-8(15)3-4-9(12)16/h3-4,6-7H,2,5H2,1H3,(H,19,20). The van der Waals surface area contributed by atoms with E-state index in [1.807, 2.05) is 6.92 Å². The van der Waals surface area contributed by atoms with Crippen LogP contribution in [-0.2, 0) is 0 Å². The second-order valence-electron chi connectivity index (χ2n) is 4.21. The van der Waals surface area contributed by atoms with Crippen molar-refractivity contribution in [2.45, 2.75) is 13.3 Å². The van der Waals surface area contributed by atoms with Crippen LogP contribution < -0.4 is 10.1 Å². The Morgan fingerprint density at radius 1 is 1.05 bits per heavy atom. The Labute approximate surface area is 118 Å². The topological polar surface area (TPSA) is 34.2 Å². The zero-order valence-electron chi connectivity index (χ0n) is 11.1. The number of anilines is 1. The number of aromatic nitrogens is 1. The predicted octanol–water partition coefficient (Wildman–Crippen LogP) is 4.25. The third kappa shape index (κ3) is 3.62. The van der Waals surface area contributed by atoms with Crippen LogP contribution in [-0.4, -0.2) is 11.5 Å². The first-order chi connectivity index (χ1) is 10.0. The van der Waals surface area contributed by atoms with E-state index in [-0.39, 0.29) is 5.82 Å². The van der Waals surface area contributed by atoms with Gasteiger partial charge in [-0.15, -0.1) is 0 Å². The summed E-state index contributed by atoms with van der Waals surface area (Å²) in [6.07, 6.45) is 0.702. The van der Waals surface area contributed by atoms with Crippen LogP contribution >= 0.6 is 0 Å². The van der Waals surface area contributed by atoms with E-state index in [0.29, 0.717) is 19.0 Å². The van der Waals surface area contributed by atoms with E-state index in [2.05, 4.69) is 10.3 Å². The van der Waals surface area contributed by atoms with Crippen LogP contribution in [0.3, 0.4) is 0 Å². The molecule has 2 rings (SSSR count). The monoisotopic (exact) mass is 300 g/mol. The summed E-state index contributed by atoms with van der Waals surface area (Å²) in [5.74, 6) is -5.03. The number of rotatable bonds is 5. The number of nitrogens with zero attached hydrogens (tertiary/aromatic N) is 1. The highest BCUT2D eigenvalue weighted by Crippen LogP contribution is 2.28. The molecule has 0 bridgehead atoms. The summed E-state index contributed by atoms with van der Waals surface area (Å²) in [4.78, 5) is 3.60. The van der Waals surface area contributed by atoms with Crippen molar-refractivity contribution in [1.29, 1.82) is 0 Å². The summed E-state index contributed by atoms with van der Waals surface area (Å²) in [6.45, 7) is 2.28. The van der Waals surface area contributed by atoms with E-state index in [9.17, 15) is 17.6 Å². The molecule has 1 heterocycles. The highest BCUT2D eigenvalue weighted by atomic mass is 19.1. The van der Waals surface area contributed by atoms with Crippen molar-refractivity contribution >= 4 is 5.82 Å². The summed E-state index contributed by atoms with van der Waals surface area (Å²) in [6, 6.07) is 3.05. The van der Waals surface area contributed by atoms with E-state index >= 15 is 0 Å². The lowest BCUT2D eigenvalue weighted by Crippen LogP contribution is -2.06. The summed E-state index contributed by atoms with van der Waals surface area (Å²) < 4.78 is 58.4. The fourth-order valence-corrected chi connectivity index (χ4v) is 1.55. The zero-order valence-corrected chi connectivity index (χ0v) is 11.1. The van der Waals surface area contributed by atoms with Crippen molar-refractivity contribution in [2.75, 3.05) is 11.9 Å². The van der Waals surface area contributed by atoms with Crippen molar-refractivity contribution in [1.82, 2.24) is 4.98 Å². The van der Waals surface area contributed by atoms with Crippen molar-refractivity contribution in [2.24, 2.45) is 0 Å².